The van der Waals surface area contributed by atoms with E-state index in [1.165, 1.54) is 6.08 Å². The molecule has 4 heteroatoms. The summed E-state index contributed by atoms with van der Waals surface area (Å²) in [5.41, 5.74) is 0. The third kappa shape index (κ3) is 7.11. The van der Waals surface area contributed by atoms with Gasteiger partial charge in [0.05, 0.1) is 6.10 Å². The number of rotatable bonds is 9. The standard InChI is InChI=1S/C15H24O4/c1-2-3-4-5-7-12(16)10-13(17)11-14-8-6-9-15(18)19-14/h6,9,13-14,17H,2-5,7-8,10-11H2,1H3/t13-,14-/m1/s1. The van der Waals surface area contributed by atoms with E-state index in [-0.39, 0.29) is 24.3 Å². The Morgan fingerprint density at radius 2 is 2.26 bits per heavy atom. The molecule has 0 bridgehead atoms. The molecule has 0 saturated carbocycles. The number of ketones is 1. The van der Waals surface area contributed by atoms with Crippen molar-refractivity contribution < 1.29 is 19.4 Å². The molecule has 4 nitrogen and oxygen atoms in total. The van der Waals surface area contributed by atoms with Gasteiger partial charge in [-0.25, -0.2) is 4.79 Å². The smallest absolute Gasteiger partial charge is 0.330 e. The van der Waals surface area contributed by atoms with E-state index in [0.29, 0.717) is 19.3 Å². The number of cyclic esters (lactones) is 1. The average Bonchev–Trinajstić information content (AvgIpc) is 2.34. The van der Waals surface area contributed by atoms with Crippen LogP contribution in [0.4, 0.5) is 0 Å². The van der Waals surface area contributed by atoms with Gasteiger partial charge in [-0.15, -0.1) is 0 Å². The van der Waals surface area contributed by atoms with Crippen molar-refractivity contribution >= 4 is 11.8 Å². The molecule has 108 valence electrons. The topological polar surface area (TPSA) is 63.6 Å². The van der Waals surface area contributed by atoms with Crippen LogP contribution in [0.25, 0.3) is 0 Å². The highest BCUT2D eigenvalue weighted by molar-refractivity contribution is 5.82. The molecular weight excluding hydrogens is 244 g/mol. The number of unbranched alkanes of at least 4 members (excludes halogenated alkanes) is 3. The second-order valence-electron chi connectivity index (χ2n) is 5.14. The molecule has 1 N–H and O–H groups in total. The first-order valence-corrected chi connectivity index (χ1v) is 7.18. The molecule has 0 aromatic heterocycles. The Balaban J connectivity index is 2.16. The molecule has 0 aliphatic carbocycles. The summed E-state index contributed by atoms with van der Waals surface area (Å²) >= 11 is 0. The van der Waals surface area contributed by atoms with Gasteiger partial charge in [0.2, 0.25) is 0 Å². The summed E-state index contributed by atoms with van der Waals surface area (Å²) in [7, 11) is 0. The van der Waals surface area contributed by atoms with Gasteiger partial charge in [-0.3, -0.25) is 4.79 Å². The first-order chi connectivity index (χ1) is 9.11. The van der Waals surface area contributed by atoms with Gasteiger partial charge in [0.25, 0.3) is 0 Å². The lowest BCUT2D eigenvalue weighted by Gasteiger charge is -2.21. The van der Waals surface area contributed by atoms with Crippen molar-refractivity contribution in [3.63, 3.8) is 0 Å². The first-order valence-electron chi connectivity index (χ1n) is 7.18. The fourth-order valence-corrected chi connectivity index (χ4v) is 2.21. The maximum atomic E-state index is 11.6. The number of esters is 1. The monoisotopic (exact) mass is 268 g/mol. The van der Waals surface area contributed by atoms with Gasteiger partial charge in [-0.05, 0) is 6.42 Å². The SMILES string of the molecule is CCCCCCC(=O)C[C@@H](O)C[C@H]1CC=CC(=O)O1. The highest BCUT2D eigenvalue weighted by atomic mass is 16.5. The number of aliphatic hydroxyl groups excluding tert-OH is 1. The molecule has 0 radical (unpaired) electrons. The summed E-state index contributed by atoms with van der Waals surface area (Å²) in [6.45, 7) is 2.13. The van der Waals surface area contributed by atoms with Crippen LogP contribution in [-0.2, 0) is 14.3 Å². The van der Waals surface area contributed by atoms with Gasteiger partial charge in [-0.1, -0.05) is 32.3 Å². The summed E-state index contributed by atoms with van der Waals surface area (Å²) in [4.78, 5) is 22.7. The van der Waals surface area contributed by atoms with Crippen LogP contribution < -0.4 is 0 Å². The third-order valence-corrected chi connectivity index (χ3v) is 3.24. The predicted octanol–water partition coefficient (Wildman–Crippen LogP) is 2.54. The van der Waals surface area contributed by atoms with Crippen molar-refractivity contribution in [2.24, 2.45) is 0 Å². The van der Waals surface area contributed by atoms with Crippen molar-refractivity contribution in [2.75, 3.05) is 0 Å². The van der Waals surface area contributed by atoms with E-state index >= 15 is 0 Å². The highest BCUT2D eigenvalue weighted by Crippen LogP contribution is 2.16. The van der Waals surface area contributed by atoms with Crippen molar-refractivity contribution in [3.05, 3.63) is 12.2 Å². The Bertz CT molecular complexity index is 322. The normalized spacial score (nSPS) is 20.1. The van der Waals surface area contributed by atoms with Crippen LogP contribution >= 0.6 is 0 Å². The molecular formula is C15H24O4. The molecule has 0 aromatic rings. The molecule has 0 aromatic carbocycles. The fraction of sp³-hybridized carbons (Fsp3) is 0.733. The number of ether oxygens (including phenoxy) is 1. The zero-order chi connectivity index (χ0) is 14.1. The lowest BCUT2D eigenvalue weighted by molar-refractivity contribution is -0.145. The van der Waals surface area contributed by atoms with Gasteiger partial charge in [0, 0.05) is 31.8 Å². The van der Waals surface area contributed by atoms with Gasteiger partial charge < -0.3 is 9.84 Å². The minimum atomic E-state index is -0.706. The quantitative estimate of drug-likeness (QED) is 0.515. The van der Waals surface area contributed by atoms with Crippen LogP contribution in [0, 0.1) is 0 Å². The first kappa shape index (κ1) is 15.9. The van der Waals surface area contributed by atoms with Crippen LogP contribution in [0.2, 0.25) is 0 Å². The number of carbonyl (C=O) groups excluding carboxylic acids is 2. The number of hydrogen-bond acceptors (Lipinski definition) is 4. The summed E-state index contributed by atoms with van der Waals surface area (Å²) < 4.78 is 5.05. The highest BCUT2D eigenvalue weighted by Gasteiger charge is 2.21. The van der Waals surface area contributed by atoms with Crippen LogP contribution in [0.5, 0.6) is 0 Å². The van der Waals surface area contributed by atoms with Crippen molar-refractivity contribution in [3.8, 4) is 0 Å². The molecule has 0 amide bonds. The molecule has 0 saturated heterocycles. The van der Waals surface area contributed by atoms with Crippen molar-refractivity contribution in [1.29, 1.82) is 0 Å². The molecule has 1 aliphatic rings. The number of Topliss-reactive ketones (excluding diaryl/α,β-unsaturated/α-hetero) is 1. The van der Waals surface area contributed by atoms with Gasteiger partial charge in [0.15, 0.2) is 0 Å². The van der Waals surface area contributed by atoms with E-state index in [0.717, 1.165) is 25.7 Å². The molecule has 2 atom stereocenters. The largest absolute Gasteiger partial charge is 0.459 e. The molecule has 0 spiro atoms. The summed E-state index contributed by atoms with van der Waals surface area (Å²) in [5, 5.41) is 9.82. The number of carbonyl (C=O) groups is 2. The molecule has 0 fully saturated rings. The van der Waals surface area contributed by atoms with Crippen LogP contribution in [-0.4, -0.2) is 29.1 Å². The Hall–Kier alpha value is -1.16. The van der Waals surface area contributed by atoms with E-state index in [9.17, 15) is 14.7 Å². The summed E-state index contributed by atoms with van der Waals surface area (Å²) in [6.07, 6.45) is 8.10. The van der Waals surface area contributed by atoms with Crippen molar-refractivity contribution in [1.82, 2.24) is 0 Å². The van der Waals surface area contributed by atoms with Crippen LogP contribution in [0.1, 0.15) is 58.3 Å². The lowest BCUT2D eigenvalue weighted by Crippen LogP contribution is -2.26. The number of hydrogen-bond donors (Lipinski definition) is 1. The maximum Gasteiger partial charge on any atom is 0.330 e. The van der Waals surface area contributed by atoms with E-state index in [4.69, 9.17) is 4.74 Å². The predicted molar refractivity (Wildman–Crippen MR) is 72.6 cm³/mol. The van der Waals surface area contributed by atoms with Crippen LogP contribution in [0.3, 0.4) is 0 Å². The maximum absolute atomic E-state index is 11.6. The molecule has 0 unspecified atom stereocenters. The molecule has 19 heavy (non-hydrogen) atoms. The Morgan fingerprint density at radius 3 is 2.95 bits per heavy atom. The second-order valence-corrected chi connectivity index (χ2v) is 5.14. The molecule has 1 rings (SSSR count). The lowest BCUT2D eigenvalue weighted by atomic mass is 10.0. The van der Waals surface area contributed by atoms with E-state index in [1.807, 2.05) is 0 Å². The minimum absolute atomic E-state index is 0.0984. The van der Waals surface area contributed by atoms with E-state index < -0.39 is 6.10 Å². The van der Waals surface area contributed by atoms with Gasteiger partial charge in [0.1, 0.15) is 11.9 Å². The zero-order valence-corrected chi connectivity index (χ0v) is 11.6. The Morgan fingerprint density at radius 1 is 1.47 bits per heavy atom. The Kier molecular flexibility index (Phi) is 7.41. The summed E-state index contributed by atoms with van der Waals surface area (Å²) in [6, 6.07) is 0. The third-order valence-electron chi connectivity index (χ3n) is 3.24. The minimum Gasteiger partial charge on any atom is -0.459 e. The zero-order valence-electron chi connectivity index (χ0n) is 11.6. The van der Waals surface area contributed by atoms with Crippen molar-refractivity contribution in [2.45, 2.75) is 70.5 Å². The van der Waals surface area contributed by atoms with Gasteiger partial charge in [-0.2, -0.15) is 0 Å². The Labute approximate surface area is 114 Å². The summed E-state index contributed by atoms with van der Waals surface area (Å²) in [5.74, 6) is -0.268. The number of aliphatic hydroxyl groups is 1. The molecule has 1 heterocycles. The van der Waals surface area contributed by atoms with E-state index in [1.54, 1.807) is 6.08 Å². The second kappa shape index (κ2) is 8.86. The van der Waals surface area contributed by atoms with Gasteiger partial charge >= 0.3 is 5.97 Å². The van der Waals surface area contributed by atoms with E-state index in [2.05, 4.69) is 6.92 Å². The molecule has 1 aliphatic heterocycles. The van der Waals surface area contributed by atoms with Crippen LogP contribution in [0.15, 0.2) is 12.2 Å². The average molecular weight is 268 g/mol. The fourth-order valence-electron chi connectivity index (χ4n) is 2.21.